The van der Waals surface area contributed by atoms with E-state index in [1.54, 1.807) is 7.11 Å². The highest BCUT2D eigenvalue weighted by atomic mass is 28.3. The smallest absolute Gasteiger partial charge is 0.174 e. The van der Waals surface area contributed by atoms with Gasteiger partial charge in [0.05, 0.1) is 24.1 Å². The second kappa shape index (κ2) is 10.7. The minimum atomic E-state index is -2.69. The van der Waals surface area contributed by atoms with Crippen molar-refractivity contribution in [1.82, 2.24) is 0 Å². The first-order valence-electron chi connectivity index (χ1n) is 14.2. The van der Waals surface area contributed by atoms with Gasteiger partial charge in [0.15, 0.2) is 8.07 Å². The van der Waals surface area contributed by atoms with E-state index in [0.717, 1.165) is 28.8 Å². The van der Waals surface area contributed by atoms with Crippen LogP contribution < -0.4 is 20.3 Å². The third kappa shape index (κ3) is 4.21. The van der Waals surface area contributed by atoms with Gasteiger partial charge in [-0.15, -0.1) is 0 Å². The summed E-state index contributed by atoms with van der Waals surface area (Å²) in [6, 6.07) is 54.9. The van der Waals surface area contributed by atoms with Crippen molar-refractivity contribution in [3.63, 3.8) is 0 Å². The molecule has 0 spiro atoms. The van der Waals surface area contributed by atoms with Crippen molar-refractivity contribution in [2.75, 3.05) is 7.11 Å². The van der Waals surface area contributed by atoms with Crippen LogP contribution in [0.4, 0.5) is 0 Å². The molecule has 0 radical (unpaired) electrons. The molecule has 0 N–H and O–H groups in total. The lowest BCUT2D eigenvalue weighted by Gasteiger charge is -2.41. The van der Waals surface area contributed by atoms with Gasteiger partial charge in [0, 0.05) is 5.56 Å². The molecule has 0 amide bonds. The highest BCUT2D eigenvalue weighted by molar-refractivity contribution is 7.12. The number of fused-ring (bicyclic) bond motifs is 2. The minimum Gasteiger partial charge on any atom is -0.496 e. The van der Waals surface area contributed by atoms with Gasteiger partial charge >= 0.3 is 0 Å². The summed E-state index contributed by atoms with van der Waals surface area (Å²) in [4.78, 5) is 5.85. The van der Waals surface area contributed by atoms with Gasteiger partial charge in [0.25, 0.3) is 0 Å². The van der Waals surface area contributed by atoms with E-state index in [-0.39, 0.29) is 5.67 Å². The van der Waals surface area contributed by atoms with Crippen LogP contribution >= 0.6 is 0 Å². The Bertz CT molecular complexity index is 1750. The fourth-order valence-electron chi connectivity index (χ4n) is 6.70. The van der Waals surface area contributed by atoms with Crippen molar-refractivity contribution >= 4 is 40.1 Å². The van der Waals surface area contributed by atoms with Gasteiger partial charge in [-0.2, -0.15) is 0 Å². The maximum atomic E-state index is 6.03. The monoisotopic (exact) mass is 545 g/mol. The Morgan fingerprint density at radius 2 is 1.12 bits per heavy atom. The van der Waals surface area contributed by atoms with Gasteiger partial charge < -0.3 is 4.74 Å². The molecule has 7 rings (SSSR count). The molecular formula is C38H31NOSi. The molecule has 41 heavy (non-hydrogen) atoms. The number of aliphatic imine (C=N–C) groups is 1. The Balaban J connectivity index is 1.59. The summed E-state index contributed by atoms with van der Waals surface area (Å²) >= 11 is 0. The maximum Gasteiger partial charge on any atom is 0.174 e. The van der Waals surface area contributed by atoms with Crippen LogP contribution in [0.2, 0.25) is 0 Å². The molecule has 1 unspecified atom stereocenters. The number of methoxy groups -OCH3 is 1. The highest BCUT2D eigenvalue weighted by Crippen LogP contribution is 2.35. The third-order valence-corrected chi connectivity index (χ3v) is 13.6. The van der Waals surface area contributed by atoms with E-state index < -0.39 is 8.07 Å². The fourth-order valence-corrected chi connectivity index (χ4v) is 11.9. The molecule has 0 aliphatic carbocycles. The second-order valence-electron chi connectivity index (χ2n) is 10.6. The van der Waals surface area contributed by atoms with E-state index in [1.807, 2.05) is 0 Å². The Morgan fingerprint density at radius 3 is 1.73 bits per heavy atom. The lowest BCUT2D eigenvalue weighted by molar-refractivity contribution is 0.414. The van der Waals surface area contributed by atoms with Crippen LogP contribution in [0.15, 0.2) is 157 Å². The maximum absolute atomic E-state index is 6.03. The van der Waals surface area contributed by atoms with Crippen molar-refractivity contribution in [2.24, 2.45) is 4.99 Å². The van der Waals surface area contributed by atoms with Crippen LogP contribution in [-0.4, -0.2) is 26.6 Å². The molecule has 0 fully saturated rings. The summed E-state index contributed by atoms with van der Waals surface area (Å²) in [5, 5.41) is 6.45. The molecule has 1 heterocycles. The largest absolute Gasteiger partial charge is 0.496 e. The normalized spacial score (nSPS) is 14.8. The van der Waals surface area contributed by atoms with Gasteiger partial charge in [-0.05, 0) is 44.4 Å². The molecule has 3 heteroatoms. The molecule has 6 aromatic carbocycles. The minimum absolute atomic E-state index is 0.0308. The van der Waals surface area contributed by atoms with Gasteiger partial charge in [0.1, 0.15) is 5.75 Å². The molecule has 6 aromatic rings. The molecule has 2 nitrogen and oxygen atoms in total. The first-order chi connectivity index (χ1) is 20.3. The topological polar surface area (TPSA) is 21.6 Å². The summed E-state index contributed by atoms with van der Waals surface area (Å²) in [5.74, 6) is 0.851. The van der Waals surface area contributed by atoms with E-state index >= 15 is 0 Å². The van der Waals surface area contributed by atoms with Crippen LogP contribution in [0.3, 0.4) is 0 Å². The van der Waals surface area contributed by atoms with Crippen molar-refractivity contribution < 1.29 is 4.74 Å². The Labute approximate surface area is 242 Å². The molecule has 0 saturated carbocycles. The van der Waals surface area contributed by atoms with E-state index in [2.05, 4.69) is 152 Å². The van der Waals surface area contributed by atoms with E-state index in [1.165, 1.54) is 32.1 Å². The average Bonchev–Trinajstić information content (AvgIpc) is 3.06. The Hall–Kier alpha value is -4.73. The van der Waals surface area contributed by atoms with Gasteiger partial charge in [-0.1, -0.05) is 146 Å². The average molecular weight is 546 g/mol. The van der Waals surface area contributed by atoms with Gasteiger partial charge in [-0.25, -0.2) is 0 Å². The summed E-state index contributed by atoms with van der Waals surface area (Å²) in [6.07, 6.45) is 0.873. The molecule has 0 bridgehead atoms. The molecule has 1 aliphatic heterocycles. The fraction of sp³-hybridized carbons (Fsp3) is 0.0789. The van der Waals surface area contributed by atoms with Crippen LogP contribution in [-0.2, 0) is 6.42 Å². The first-order valence-corrected chi connectivity index (χ1v) is 16.3. The molecule has 1 aliphatic rings. The summed E-state index contributed by atoms with van der Waals surface area (Å²) in [5.41, 5.74) is 4.64. The predicted molar refractivity (Wildman–Crippen MR) is 174 cm³/mol. The van der Waals surface area contributed by atoms with Gasteiger partial charge in [0.2, 0.25) is 0 Å². The highest BCUT2D eigenvalue weighted by Gasteiger charge is 2.48. The molecular weight excluding hydrogens is 515 g/mol. The van der Waals surface area contributed by atoms with Crippen molar-refractivity contribution in [3.8, 4) is 5.75 Å². The number of nitrogens with zero attached hydrogens (tertiary/aromatic N) is 1. The van der Waals surface area contributed by atoms with E-state index in [0.29, 0.717) is 0 Å². The molecule has 1 atom stereocenters. The van der Waals surface area contributed by atoms with Crippen LogP contribution in [0.5, 0.6) is 5.75 Å². The van der Waals surface area contributed by atoms with Crippen molar-refractivity contribution in [1.29, 1.82) is 0 Å². The Morgan fingerprint density at radius 1 is 0.585 bits per heavy atom. The predicted octanol–water partition coefficient (Wildman–Crippen LogP) is 6.32. The standard InChI is InChI=1S/C38H31NOSi/c1-40-35-26-25-28-15-11-13-23-33(28)37(35)38-34-24-14-12-16-29(34)27-36(39-38)41(30-17-5-2-6-18-30,31-19-7-3-8-20-31)32-21-9-4-10-22-32/h2-26,36H,27H2,1H3. The molecule has 0 aromatic heterocycles. The van der Waals surface area contributed by atoms with Crippen molar-refractivity contribution in [3.05, 3.63) is 168 Å². The number of rotatable bonds is 6. The Kier molecular flexibility index (Phi) is 6.58. The first kappa shape index (κ1) is 25.2. The number of hydrogen-bond acceptors (Lipinski definition) is 2. The quantitative estimate of drug-likeness (QED) is 0.177. The second-order valence-corrected chi connectivity index (χ2v) is 14.6. The van der Waals surface area contributed by atoms with Crippen LogP contribution in [0.1, 0.15) is 16.7 Å². The summed E-state index contributed by atoms with van der Waals surface area (Å²) < 4.78 is 6.03. The SMILES string of the molecule is COc1ccc2ccccc2c1C1=NC([Si](c2ccccc2)(c2ccccc2)c2ccccc2)Cc2ccccc21. The zero-order valence-corrected chi connectivity index (χ0v) is 24.1. The summed E-state index contributed by atoms with van der Waals surface area (Å²) in [7, 11) is -0.928. The van der Waals surface area contributed by atoms with E-state index in [4.69, 9.17) is 9.73 Å². The zero-order chi connectivity index (χ0) is 27.6. The van der Waals surface area contributed by atoms with Crippen LogP contribution in [0, 0.1) is 0 Å². The van der Waals surface area contributed by atoms with E-state index in [9.17, 15) is 0 Å². The third-order valence-electron chi connectivity index (χ3n) is 8.51. The summed E-state index contributed by atoms with van der Waals surface area (Å²) in [6.45, 7) is 0. The lowest BCUT2D eigenvalue weighted by Crippen LogP contribution is -2.74. The number of hydrogen-bond donors (Lipinski definition) is 0. The zero-order valence-electron chi connectivity index (χ0n) is 23.1. The number of ether oxygens (including phenoxy) is 1. The molecule has 0 saturated heterocycles. The lowest BCUT2D eigenvalue weighted by atomic mass is 9.90. The van der Waals surface area contributed by atoms with Gasteiger partial charge in [-0.3, -0.25) is 4.99 Å². The van der Waals surface area contributed by atoms with Crippen molar-refractivity contribution in [2.45, 2.75) is 12.1 Å². The van der Waals surface area contributed by atoms with Crippen LogP contribution in [0.25, 0.3) is 10.8 Å². The molecule has 198 valence electrons. The number of benzene rings is 6.